The Balaban J connectivity index is 2.18. The van der Waals surface area contributed by atoms with Crippen LogP contribution in [0.4, 0.5) is 0 Å². The van der Waals surface area contributed by atoms with Crippen LogP contribution in [0.1, 0.15) is 17.4 Å². The van der Waals surface area contributed by atoms with Gasteiger partial charge in [0.2, 0.25) is 0 Å². The van der Waals surface area contributed by atoms with Gasteiger partial charge in [-0.25, -0.2) is 0 Å². The summed E-state index contributed by atoms with van der Waals surface area (Å²) in [7, 11) is 0. The minimum absolute atomic E-state index is 0.0717. The maximum absolute atomic E-state index is 5.58. The number of aromatic nitrogens is 1. The Morgan fingerprint density at radius 2 is 2.38 bits per heavy atom. The maximum atomic E-state index is 5.58. The highest BCUT2D eigenvalue weighted by atomic mass is 16.6. The quantitative estimate of drug-likeness (QED) is 0.654. The van der Waals surface area contributed by atoms with Gasteiger partial charge in [0.25, 0.3) is 0 Å². The molecule has 2 heterocycles. The van der Waals surface area contributed by atoms with E-state index in [-0.39, 0.29) is 6.10 Å². The molecule has 13 heavy (non-hydrogen) atoms. The first kappa shape index (κ1) is 8.66. The largest absolute Gasteiger partial charge is 0.376 e. The van der Waals surface area contributed by atoms with Crippen LogP contribution in [0.25, 0.3) is 0 Å². The number of rotatable bonds is 1. The zero-order valence-electron chi connectivity index (χ0n) is 7.69. The summed E-state index contributed by atoms with van der Waals surface area (Å²) in [5.41, 5.74) is 2.17. The Hall–Kier alpha value is -0.930. The van der Waals surface area contributed by atoms with Gasteiger partial charge in [0.15, 0.2) is 0 Å². The number of hydrogen-bond acceptors (Lipinski definition) is 3. The Morgan fingerprint density at radius 3 is 3.08 bits per heavy atom. The lowest BCUT2D eigenvalue weighted by atomic mass is 10.1. The minimum atomic E-state index is 0.0717. The first-order chi connectivity index (χ1) is 6.38. The summed E-state index contributed by atoms with van der Waals surface area (Å²) in [5, 5.41) is 0. The predicted octanol–water partition coefficient (Wildman–Crippen LogP) is 1.48. The molecule has 0 aromatic carbocycles. The lowest BCUT2D eigenvalue weighted by Gasteiger charge is -2.23. The van der Waals surface area contributed by atoms with Crippen molar-refractivity contribution in [1.29, 1.82) is 0 Å². The van der Waals surface area contributed by atoms with Crippen molar-refractivity contribution < 1.29 is 9.47 Å². The van der Waals surface area contributed by atoms with Crippen molar-refractivity contribution in [3.05, 3.63) is 29.6 Å². The fourth-order valence-corrected chi connectivity index (χ4v) is 1.50. The average molecular weight is 179 g/mol. The maximum Gasteiger partial charge on any atom is 0.108 e. The van der Waals surface area contributed by atoms with E-state index in [4.69, 9.17) is 9.47 Å². The minimum Gasteiger partial charge on any atom is -0.376 e. The topological polar surface area (TPSA) is 31.4 Å². The number of aryl methyl sites for hydroxylation is 1. The highest BCUT2D eigenvalue weighted by Gasteiger charge is 2.18. The van der Waals surface area contributed by atoms with E-state index >= 15 is 0 Å². The monoisotopic (exact) mass is 179 g/mol. The fourth-order valence-electron chi connectivity index (χ4n) is 1.50. The van der Waals surface area contributed by atoms with Crippen LogP contribution in [0, 0.1) is 6.92 Å². The Morgan fingerprint density at radius 1 is 1.46 bits per heavy atom. The highest BCUT2D eigenvalue weighted by molar-refractivity contribution is 5.21. The molecule has 0 amide bonds. The second kappa shape index (κ2) is 3.85. The van der Waals surface area contributed by atoms with Crippen LogP contribution in [0.5, 0.6) is 0 Å². The molecule has 3 nitrogen and oxygen atoms in total. The van der Waals surface area contributed by atoms with Gasteiger partial charge in [-0.1, -0.05) is 6.07 Å². The van der Waals surface area contributed by atoms with Gasteiger partial charge < -0.3 is 9.47 Å². The standard InChI is InChI=1S/C10H13NO2/c1-8-9(3-2-4-11-8)10-7-12-5-6-13-10/h2-4,10H,5-7H2,1H3. The SMILES string of the molecule is Cc1ncccc1C1COCCO1. The fraction of sp³-hybridized carbons (Fsp3) is 0.500. The van der Waals surface area contributed by atoms with Crippen molar-refractivity contribution in [3.8, 4) is 0 Å². The van der Waals surface area contributed by atoms with Gasteiger partial charge in [-0.15, -0.1) is 0 Å². The van der Waals surface area contributed by atoms with E-state index in [0.29, 0.717) is 19.8 Å². The molecule has 0 saturated carbocycles. The average Bonchev–Trinajstić information content (AvgIpc) is 2.20. The van der Waals surface area contributed by atoms with E-state index in [1.54, 1.807) is 6.20 Å². The van der Waals surface area contributed by atoms with Gasteiger partial charge >= 0.3 is 0 Å². The summed E-state index contributed by atoms with van der Waals surface area (Å²) < 4.78 is 10.9. The van der Waals surface area contributed by atoms with Crippen molar-refractivity contribution in [1.82, 2.24) is 4.98 Å². The molecular formula is C10H13NO2. The zero-order chi connectivity index (χ0) is 9.10. The summed E-state index contributed by atoms with van der Waals surface area (Å²) in [6.45, 7) is 4.02. The molecule has 0 spiro atoms. The van der Waals surface area contributed by atoms with Crippen LogP contribution in [0.15, 0.2) is 18.3 Å². The molecule has 0 bridgehead atoms. The molecule has 1 saturated heterocycles. The van der Waals surface area contributed by atoms with E-state index in [9.17, 15) is 0 Å². The van der Waals surface area contributed by atoms with Crippen molar-refractivity contribution in [2.24, 2.45) is 0 Å². The predicted molar refractivity (Wildman–Crippen MR) is 48.5 cm³/mol. The number of hydrogen-bond donors (Lipinski definition) is 0. The molecule has 2 rings (SSSR count). The van der Waals surface area contributed by atoms with Crippen LogP contribution in [-0.2, 0) is 9.47 Å². The molecule has 1 fully saturated rings. The molecule has 70 valence electrons. The van der Waals surface area contributed by atoms with Crippen LogP contribution < -0.4 is 0 Å². The summed E-state index contributed by atoms with van der Waals surface area (Å²) in [5.74, 6) is 0. The third kappa shape index (κ3) is 1.87. The molecule has 0 N–H and O–H groups in total. The molecule has 0 aliphatic carbocycles. The third-order valence-corrected chi connectivity index (χ3v) is 2.21. The Labute approximate surface area is 77.7 Å². The van der Waals surface area contributed by atoms with E-state index in [1.807, 2.05) is 19.1 Å². The lowest BCUT2D eigenvalue weighted by molar-refractivity contribution is -0.0905. The van der Waals surface area contributed by atoms with Gasteiger partial charge in [0.05, 0.1) is 19.8 Å². The molecule has 3 heteroatoms. The summed E-state index contributed by atoms with van der Waals surface area (Å²) in [6.07, 6.45) is 1.87. The third-order valence-electron chi connectivity index (χ3n) is 2.21. The van der Waals surface area contributed by atoms with Crippen LogP contribution in [0.3, 0.4) is 0 Å². The second-order valence-electron chi connectivity index (χ2n) is 3.11. The summed E-state index contributed by atoms with van der Waals surface area (Å²) >= 11 is 0. The smallest absolute Gasteiger partial charge is 0.108 e. The molecule has 1 aromatic rings. The van der Waals surface area contributed by atoms with Crippen LogP contribution in [-0.4, -0.2) is 24.8 Å². The summed E-state index contributed by atoms with van der Waals surface area (Å²) in [4.78, 5) is 4.22. The normalized spacial score (nSPS) is 23.0. The van der Waals surface area contributed by atoms with Crippen molar-refractivity contribution >= 4 is 0 Å². The zero-order valence-corrected chi connectivity index (χ0v) is 7.69. The highest BCUT2D eigenvalue weighted by Crippen LogP contribution is 2.21. The molecule has 1 atom stereocenters. The molecular weight excluding hydrogens is 166 g/mol. The van der Waals surface area contributed by atoms with E-state index in [2.05, 4.69) is 4.98 Å². The Bertz CT molecular complexity index is 282. The van der Waals surface area contributed by atoms with Gasteiger partial charge in [0.1, 0.15) is 6.10 Å². The van der Waals surface area contributed by atoms with Gasteiger partial charge in [0, 0.05) is 17.5 Å². The molecule has 1 aliphatic heterocycles. The van der Waals surface area contributed by atoms with E-state index < -0.39 is 0 Å². The van der Waals surface area contributed by atoms with Gasteiger partial charge in [-0.05, 0) is 13.0 Å². The first-order valence-electron chi connectivity index (χ1n) is 4.49. The van der Waals surface area contributed by atoms with Crippen molar-refractivity contribution in [2.75, 3.05) is 19.8 Å². The second-order valence-corrected chi connectivity index (χ2v) is 3.11. The summed E-state index contributed by atoms with van der Waals surface area (Å²) in [6, 6.07) is 3.97. The Kier molecular flexibility index (Phi) is 2.57. The van der Waals surface area contributed by atoms with Crippen LogP contribution in [0.2, 0.25) is 0 Å². The lowest BCUT2D eigenvalue weighted by Crippen LogP contribution is -2.22. The molecule has 1 aromatic heterocycles. The van der Waals surface area contributed by atoms with Crippen molar-refractivity contribution in [2.45, 2.75) is 13.0 Å². The molecule has 1 aliphatic rings. The molecule has 0 radical (unpaired) electrons. The van der Waals surface area contributed by atoms with Gasteiger partial charge in [-0.2, -0.15) is 0 Å². The number of nitrogens with zero attached hydrogens (tertiary/aromatic N) is 1. The van der Waals surface area contributed by atoms with Gasteiger partial charge in [-0.3, -0.25) is 4.98 Å². The first-order valence-corrected chi connectivity index (χ1v) is 4.49. The van der Waals surface area contributed by atoms with E-state index in [1.165, 1.54) is 0 Å². The van der Waals surface area contributed by atoms with Crippen molar-refractivity contribution in [3.63, 3.8) is 0 Å². The van der Waals surface area contributed by atoms with Crippen LogP contribution >= 0.6 is 0 Å². The van der Waals surface area contributed by atoms with E-state index in [0.717, 1.165) is 11.3 Å². The number of pyridine rings is 1. The molecule has 1 unspecified atom stereocenters. The number of ether oxygens (including phenoxy) is 2.